The molecule has 1 unspecified atom stereocenters. The number of carbonyl (C=O) groups is 2. The summed E-state index contributed by atoms with van der Waals surface area (Å²) in [4.78, 5) is 22.5. The number of carboxylic acid groups (broad SMARTS) is 1. The molecule has 0 heterocycles. The predicted molar refractivity (Wildman–Crippen MR) is 97.1 cm³/mol. The van der Waals surface area contributed by atoms with Gasteiger partial charge in [-0.1, -0.05) is 50.5 Å². The number of Topliss-reactive ketones (excluding diaryl/α,β-unsaturated/α-hetero) is 1. The van der Waals surface area contributed by atoms with E-state index in [1.54, 1.807) is 12.2 Å². The number of hydrogen-bond acceptors (Lipinski definition) is 4. The van der Waals surface area contributed by atoms with Crippen molar-refractivity contribution in [2.24, 2.45) is 11.8 Å². The average molecular weight is 352 g/mol. The third-order valence-electron chi connectivity index (χ3n) is 4.71. The molecule has 1 fully saturated rings. The lowest BCUT2D eigenvalue weighted by molar-refractivity contribution is -0.137. The molecule has 3 N–H and O–H groups in total. The van der Waals surface area contributed by atoms with Crippen molar-refractivity contribution >= 4 is 11.8 Å². The van der Waals surface area contributed by atoms with Gasteiger partial charge in [-0.05, 0) is 25.7 Å². The Morgan fingerprint density at radius 2 is 2.04 bits per heavy atom. The lowest BCUT2D eigenvalue weighted by Gasteiger charge is -2.16. The molecule has 1 saturated carbocycles. The Kier molecular flexibility index (Phi) is 10.3. The summed E-state index contributed by atoms with van der Waals surface area (Å²) < 4.78 is 0. The van der Waals surface area contributed by atoms with Gasteiger partial charge in [-0.3, -0.25) is 9.59 Å². The molecule has 25 heavy (non-hydrogen) atoms. The zero-order valence-corrected chi connectivity index (χ0v) is 15.1. The largest absolute Gasteiger partial charge is 0.481 e. The smallest absolute Gasteiger partial charge is 0.303 e. The monoisotopic (exact) mass is 352 g/mol. The average Bonchev–Trinajstić information content (AvgIpc) is 2.82. The standard InChI is InChI=1S/C20H32O5/c1-2-3-6-9-15(21)12-13-17-16(18(22)14-19(17)23)10-7-4-5-8-11-20(24)25/h4,7,12-13,15-17,19,21,23H,2-3,5-6,8-11,14H2,1H3,(H,24,25)/b7-4-,13-12+/t15-,16-,17?,19+/m0/s1. The molecular weight excluding hydrogens is 320 g/mol. The van der Waals surface area contributed by atoms with E-state index < -0.39 is 18.2 Å². The van der Waals surface area contributed by atoms with Crippen LogP contribution in [0.15, 0.2) is 24.3 Å². The zero-order chi connectivity index (χ0) is 18.7. The maximum atomic E-state index is 12.1. The van der Waals surface area contributed by atoms with E-state index in [-0.39, 0.29) is 30.5 Å². The topological polar surface area (TPSA) is 94.8 Å². The number of aliphatic hydroxyl groups is 2. The van der Waals surface area contributed by atoms with Gasteiger partial charge in [0.1, 0.15) is 5.78 Å². The number of hydrogen-bond donors (Lipinski definition) is 3. The van der Waals surface area contributed by atoms with Crippen molar-refractivity contribution < 1.29 is 24.9 Å². The Hall–Kier alpha value is -1.46. The Morgan fingerprint density at radius 3 is 2.72 bits per heavy atom. The van der Waals surface area contributed by atoms with Crippen molar-refractivity contribution in [1.82, 2.24) is 0 Å². The Labute approximate surface area is 150 Å². The third-order valence-corrected chi connectivity index (χ3v) is 4.71. The van der Waals surface area contributed by atoms with Crippen LogP contribution in [-0.4, -0.2) is 39.3 Å². The molecule has 1 rings (SSSR count). The van der Waals surface area contributed by atoms with E-state index in [1.165, 1.54) is 0 Å². The zero-order valence-electron chi connectivity index (χ0n) is 15.1. The van der Waals surface area contributed by atoms with Gasteiger partial charge < -0.3 is 15.3 Å². The Balaban J connectivity index is 2.48. The van der Waals surface area contributed by atoms with Crippen molar-refractivity contribution in [3.63, 3.8) is 0 Å². The molecular formula is C20H32O5. The van der Waals surface area contributed by atoms with Crippen LogP contribution in [0.3, 0.4) is 0 Å². The summed E-state index contributed by atoms with van der Waals surface area (Å²) >= 11 is 0. The molecule has 1 aliphatic carbocycles. The molecule has 0 aromatic rings. The van der Waals surface area contributed by atoms with Crippen LogP contribution in [0.4, 0.5) is 0 Å². The first kappa shape index (κ1) is 21.6. The van der Waals surface area contributed by atoms with Gasteiger partial charge in [0.2, 0.25) is 0 Å². The van der Waals surface area contributed by atoms with Crippen LogP contribution in [0.2, 0.25) is 0 Å². The van der Waals surface area contributed by atoms with Gasteiger partial charge in [-0.25, -0.2) is 0 Å². The van der Waals surface area contributed by atoms with Crippen LogP contribution in [0.1, 0.15) is 64.7 Å². The number of allylic oxidation sites excluding steroid dienone is 2. The highest BCUT2D eigenvalue weighted by Crippen LogP contribution is 2.33. The molecule has 1 aliphatic rings. The number of carboxylic acids is 1. The second-order valence-corrected chi connectivity index (χ2v) is 6.86. The fourth-order valence-corrected chi connectivity index (χ4v) is 3.22. The summed E-state index contributed by atoms with van der Waals surface area (Å²) in [5.74, 6) is -1.26. The summed E-state index contributed by atoms with van der Waals surface area (Å²) in [6.07, 6.45) is 12.1. The van der Waals surface area contributed by atoms with Gasteiger partial charge in [0, 0.05) is 24.7 Å². The van der Waals surface area contributed by atoms with Crippen LogP contribution < -0.4 is 0 Å². The van der Waals surface area contributed by atoms with E-state index in [1.807, 2.05) is 12.2 Å². The molecule has 0 aromatic heterocycles. The molecule has 0 aliphatic heterocycles. The highest BCUT2D eigenvalue weighted by molar-refractivity contribution is 5.84. The first-order chi connectivity index (χ1) is 12.0. The number of rotatable bonds is 12. The van der Waals surface area contributed by atoms with Crippen molar-refractivity contribution in [2.75, 3.05) is 0 Å². The lowest BCUT2D eigenvalue weighted by atomic mass is 9.90. The van der Waals surface area contributed by atoms with Gasteiger partial charge in [-0.2, -0.15) is 0 Å². The molecule has 0 radical (unpaired) electrons. The maximum absolute atomic E-state index is 12.1. The number of aliphatic hydroxyl groups excluding tert-OH is 2. The minimum absolute atomic E-state index is 0.0535. The quantitative estimate of drug-likeness (QED) is 0.370. The van der Waals surface area contributed by atoms with E-state index in [0.29, 0.717) is 25.7 Å². The van der Waals surface area contributed by atoms with Gasteiger partial charge >= 0.3 is 5.97 Å². The van der Waals surface area contributed by atoms with Gasteiger partial charge in [0.25, 0.3) is 0 Å². The Morgan fingerprint density at radius 1 is 1.28 bits per heavy atom. The summed E-state index contributed by atoms with van der Waals surface area (Å²) in [5.41, 5.74) is 0. The normalized spacial score (nSPS) is 25.2. The van der Waals surface area contributed by atoms with Crippen molar-refractivity contribution in [3.05, 3.63) is 24.3 Å². The van der Waals surface area contributed by atoms with E-state index in [9.17, 15) is 19.8 Å². The highest BCUT2D eigenvalue weighted by Gasteiger charge is 2.39. The summed E-state index contributed by atoms with van der Waals surface area (Å²) in [6, 6.07) is 0. The van der Waals surface area contributed by atoms with Crippen LogP contribution in [0.25, 0.3) is 0 Å². The molecule has 0 bridgehead atoms. The predicted octanol–water partition coefficient (Wildman–Crippen LogP) is 3.25. The van der Waals surface area contributed by atoms with E-state index in [4.69, 9.17) is 5.11 Å². The number of carbonyl (C=O) groups excluding carboxylic acids is 1. The van der Waals surface area contributed by atoms with Crippen LogP contribution >= 0.6 is 0 Å². The molecule has 4 atom stereocenters. The highest BCUT2D eigenvalue weighted by atomic mass is 16.4. The lowest BCUT2D eigenvalue weighted by Crippen LogP contribution is -2.18. The first-order valence-corrected chi connectivity index (χ1v) is 9.39. The van der Waals surface area contributed by atoms with Crippen molar-refractivity contribution in [1.29, 1.82) is 0 Å². The first-order valence-electron chi connectivity index (χ1n) is 9.39. The maximum Gasteiger partial charge on any atom is 0.303 e. The Bertz CT molecular complexity index is 469. The molecule has 0 amide bonds. The van der Waals surface area contributed by atoms with Gasteiger partial charge in [0.05, 0.1) is 12.2 Å². The van der Waals surface area contributed by atoms with E-state index in [0.717, 1.165) is 19.3 Å². The van der Waals surface area contributed by atoms with Crippen molar-refractivity contribution in [3.8, 4) is 0 Å². The molecule has 5 nitrogen and oxygen atoms in total. The SMILES string of the molecule is CCCCC[C@H](O)/C=C/C1[C@H](O)CC(=O)[C@H]1C/C=C\CCCC(=O)O. The van der Waals surface area contributed by atoms with Gasteiger partial charge in [0.15, 0.2) is 0 Å². The fourth-order valence-electron chi connectivity index (χ4n) is 3.22. The second-order valence-electron chi connectivity index (χ2n) is 6.86. The number of unbranched alkanes of at least 4 members (excludes halogenated alkanes) is 3. The molecule has 0 saturated heterocycles. The van der Waals surface area contributed by atoms with Crippen LogP contribution in [-0.2, 0) is 9.59 Å². The van der Waals surface area contributed by atoms with Crippen LogP contribution in [0, 0.1) is 11.8 Å². The minimum atomic E-state index is -0.801. The van der Waals surface area contributed by atoms with Crippen LogP contribution in [0.5, 0.6) is 0 Å². The number of aliphatic carboxylic acids is 1. The summed E-state index contributed by atoms with van der Waals surface area (Å²) in [5, 5.41) is 28.7. The van der Waals surface area contributed by atoms with Crippen molar-refractivity contribution in [2.45, 2.75) is 76.9 Å². The minimum Gasteiger partial charge on any atom is -0.481 e. The molecule has 5 heteroatoms. The van der Waals surface area contributed by atoms with E-state index >= 15 is 0 Å². The second kappa shape index (κ2) is 12.0. The molecule has 0 aromatic carbocycles. The molecule has 142 valence electrons. The summed E-state index contributed by atoms with van der Waals surface area (Å²) in [7, 11) is 0. The fraction of sp³-hybridized carbons (Fsp3) is 0.700. The van der Waals surface area contributed by atoms with Gasteiger partial charge in [-0.15, -0.1) is 0 Å². The summed E-state index contributed by atoms with van der Waals surface area (Å²) in [6.45, 7) is 2.11. The third kappa shape index (κ3) is 8.45. The number of ketones is 1. The van der Waals surface area contributed by atoms with E-state index in [2.05, 4.69) is 6.92 Å². The molecule has 0 spiro atoms.